The number of anilines is 1. The summed E-state index contributed by atoms with van der Waals surface area (Å²) in [5, 5.41) is 15.6. The molecule has 0 unspecified atom stereocenters. The molecule has 5 nitrogen and oxygen atoms in total. The second-order valence-electron chi connectivity index (χ2n) is 7.60. The molecule has 0 spiro atoms. The molecule has 0 bridgehead atoms. The maximum Gasteiger partial charge on any atom is 0.272 e. The van der Waals surface area contributed by atoms with E-state index in [9.17, 15) is 4.79 Å². The van der Waals surface area contributed by atoms with Crippen molar-refractivity contribution in [3.05, 3.63) is 58.9 Å². The van der Waals surface area contributed by atoms with E-state index < -0.39 is 0 Å². The highest BCUT2D eigenvalue weighted by Crippen LogP contribution is 2.26. The number of aromatic amines is 1. The molecule has 4 rings (SSSR count). The monoisotopic (exact) mass is 376 g/mol. The second-order valence-corrected chi connectivity index (χ2v) is 7.60. The largest absolute Gasteiger partial charge is 0.385 e. The number of nitrogens with one attached hydrogen (secondary N) is 3. The third kappa shape index (κ3) is 4.42. The standard InChI is InChI=1S/C23H28N4O/c28-23-21-13-3-2-12-20(21)22(26-27-23)17-8-6-11-19(16-17)25-15-5-1-4-14-24-18-9-7-10-18/h2-3,6,8,11-13,16,18,24-25H,1,4-5,7,9-10,14-15H2,(H,27,28). The Morgan fingerprint density at radius 1 is 0.964 bits per heavy atom. The van der Waals surface area contributed by atoms with Gasteiger partial charge in [-0.1, -0.05) is 43.2 Å². The van der Waals surface area contributed by atoms with E-state index in [2.05, 4.69) is 33.0 Å². The van der Waals surface area contributed by atoms with Gasteiger partial charge in [0.1, 0.15) is 0 Å². The topological polar surface area (TPSA) is 69.8 Å². The Morgan fingerprint density at radius 3 is 2.61 bits per heavy atom. The number of benzene rings is 2. The summed E-state index contributed by atoms with van der Waals surface area (Å²) in [6.45, 7) is 2.11. The Morgan fingerprint density at radius 2 is 1.79 bits per heavy atom. The number of aromatic nitrogens is 2. The van der Waals surface area contributed by atoms with E-state index in [4.69, 9.17) is 0 Å². The molecule has 1 aliphatic rings. The number of hydrogen-bond donors (Lipinski definition) is 3. The van der Waals surface area contributed by atoms with Gasteiger partial charge >= 0.3 is 0 Å². The van der Waals surface area contributed by atoms with Crippen LogP contribution in [-0.4, -0.2) is 29.3 Å². The number of H-pyrrole nitrogens is 1. The zero-order chi connectivity index (χ0) is 19.2. The summed E-state index contributed by atoms with van der Waals surface area (Å²) in [6, 6.07) is 16.6. The van der Waals surface area contributed by atoms with E-state index in [0.717, 1.165) is 47.9 Å². The van der Waals surface area contributed by atoms with E-state index in [0.29, 0.717) is 5.39 Å². The first-order chi connectivity index (χ1) is 13.8. The van der Waals surface area contributed by atoms with Crippen molar-refractivity contribution in [2.45, 2.75) is 44.6 Å². The lowest BCUT2D eigenvalue weighted by atomic mass is 9.93. The molecule has 0 atom stereocenters. The molecule has 0 radical (unpaired) electrons. The maximum atomic E-state index is 12.0. The van der Waals surface area contributed by atoms with Crippen LogP contribution in [0.3, 0.4) is 0 Å². The number of rotatable bonds is 9. The lowest BCUT2D eigenvalue weighted by Crippen LogP contribution is -2.35. The Hall–Kier alpha value is -2.66. The first-order valence-electron chi connectivity index (χ1n) is 10.4. The van der Waals surface area contributed by atoms with Gasteiger partial charge in [-0.15, -0.1) is 0 Å². The average molecular weight is 377 g/mol. The van der Waals surface area contributed by atoms with Gasteiger partial charge in [0.2, 0.25) is 0 Å². The average Bonchev–Trinajstić information content (AvgIpc) is 2.69. The fourth-order valence-electron chi connectivity index (χ4n) is 3.69. The molecule has 1 heterocycles. The van der Waals surface area contributed by atoms with Gasteiger partial charge in [0, 0.05) is 29.2 Å². The van der Waals surface area contributed by atoms with Crippen molar-refractivity contribution < 1.29 is 0 Å². The summed E-state index contributed by atoms with van der Waals surface area (Å²) in [5.74, 6) is 0. The predicted molar refractivity (Wildman–Crippen MR) is 116 cm³/mol. The van der Waals surface area contributed by atoms with E-state index in [-0.39, 0.29) is 5.56 Å². The van der Waals surface area contributed by atoms with Crippen LogP contribution in [0.1, 0.15) is 38.5 Å². The van der Waals surface area contributed by atoms with Gasteiger partial charge in [0.15, 0.2) is 0 Å². The van der Waals surface area contributed by atoms with Gasteiger partial charge in [0.25, 0.3) is 5.56 Å². The summed E-state index contributed by atoms with van der Waals surface area (Å²) >= 11 is 0. The summed E-state index contributed by atoms with van der Waals surface area (Å²) in [6.07, 6.45) is 7.75. The predicted octanol–water partition coefficient (Wildman–Crippen LogP) is 4.31. The fourth-order valence-corrected chi connectivity index (χ4v) is 3.69. The lowest BCUT2D eigenvalue weighted by Gasteiger charge is -2.26. The van der Waals surface area contributed by atoms with E-state index >= 15 is 0 Å². The zero-order valence-corrected chi connectivity index (χ0v) is 16.2. The molecular formula is C23H28N4O. The molecule has 1 saturated carbocycles. The summed E-state index contributed by atoms with van der Waals surface area (Å²) < 4.78 is 0. The zero-order valence-electron chi connectivity index (χ0n) is 16.2. The molecule has 5 heteroatoms. The molecule has 146 valence electrons. The molecule has 0 saturated heterocycles. The Kier molecular flexibility index (Phi) is 6.02. The Labute approximate surface area is 165 Å². The van der Waals surface area contributed by atoms with Crippen molar-refractivity contribution in [2.75, 3.05) is 18.4 Å². The quantitative estimate of drug-likeness (QED) is 0.487. The van der Waals surface area contributed by atoms with Gasteiger partial charge in [-0.25, -0.2) is 5.10 Å². The normalized spacial score (nSPS) is 14.1. The van der Waals surface area contributed by atoms with Crippen molar-refractivity contribution >= 4 is 16.5 Å². The van der Waals surface area contributed by atoms with Crippen molar-refractivity contribution in [1.29, 1.82) is 0 Å². The molecule has 1 aliphatic carbocycles. The van der Waals surface area contributed by atoms with E-state index in [1.165, 1.54) is 32.1 Å². The minimum Gasteiger partial charge on any atom is -0.385 e. The second kappa shape index (κ2) is 9.02. The minimum absolute atomic E-state index is 0.152. The van der Waals surface area contributed by atoms with E-state index in [1.54, 1.807) is 0 Å². The first kappa shape index (κ1) is 18.7. The van der Waals surface area contributed by atoms with Crippen LogP contribution in [-0.2, 0) is 0 Å². The lowest BCUT2D eigenvalue weighted by molar-refractivity contribution is 0.337. The number of nitrogens with zero attached hydrogens (tertiary/aromatic N) is 1. The highest BCUT2D eigenvalue weighted by Gasteiger charge is 2.15. The van der Waals surface area contributed by atoms with Crippen LogP contribution in [0.2, 0.25) is 0 Å². The Balaban J connectivity index is 1.33. The van der Waals surface area contributed by atoms with Gasteiger partial charge in [0.05, 0.1) is 11.1 Å². The third-order valence-electron chi connectivity index (χ3n) is 5.55. The van der Waals surface area contributed by atoms with Crippen LogP contribution in [0.25, 0.3) is 22.0 Å². The van der Waals surface area contributed by atoms with Gasteiger partial charge < -0.3 is 10.6 Å². The van der Waals surface area contributed by atoms with Gasteiger partial charge in [-0.3, -0.25) is 4.79 Å². The molecular weight excluding hydrogens is 348 g/mol. The highest BCUT2D eigenvalue weighted by atomic mass is 16.1. The molecule has 3 N–H and O–H groups in total. The van der Waals surface area contributed by atoms with Crippen molar-refractivity contribution in [3.63, 3.8) is 0 Å². The highest BCUT2D eigenvalue weighted by molar-refractivity contribution is 5.94. The van der Waals surface area contributed by atoms with Gasteiger partial charge in [-0.2, -0.15) is 5.10 Å². The van der Waals surface area contributed by atoms with Crippen LogP contribution in [0, 0.1) is 0 Å². The van der Waals surface area contributed by atoms with Crippen molar-refractivity contribution in [1.82, 2.24) is 15.5 Å². The summed E-state index contributed by atoms with van der Waals surface area (Å²) in [5.41, 5.74) is 2.74. The molecule has 1 fully saturated rings. The molecule has 1 aromatic heterocycles. The van der Waals surface area contributed by atoms with Gasteiger partial charge in [-0.05, 0) is 50.4 Å². The number of hydrogen-bond acceptors (Lipinski definition) is 4. The Bertz CT molecular complexity index is 977. The van der Waals surface area contributed by atoms with Crippen LogP contribution in [0.15, 0.2) is 53.3 Å². The van der Waals surface area contributed by atoms with Crippen molar-refractivity contribution in [2.24, 2.45) is 0 Å². The fraction of sp³-hybridized carbons (Fsp3) is 0.391. The minimum atomic E-state index is -0.152. The molecule has 2 aromatic carbocycles. The van der Waals surface area contributed by atoms with Crippen LogP contribution < -0.4 is 16.2 Å². The summed E-state index contributed by atoms with van der Waals surface area (Å²) in [7, 11) is 0. The molecule has 28 heavy (non-hydrogen) atoms. The van der Waals surface area contributed by atoms with Crippen LogP contribution >= 0.6 is 0 Å². The summed E-state index contributed by atoms with van der Waals surface area (Å²) in [4.78, 5) is 12.0. The maximum absolute atomic E-state index is 12.0. The first-order valence-corrected chi connectivity index (χ1v) is 10.4. The third-order valence-corrected chi connectivity index (χ3v) is 5.55. The molecule has 0 amide bonds. The smallest absolute Gasteiger partial charge is 0.272 e. The SMILES string of the molecule is O=c1[nH]nc(-c2cccc(NCCCCCNC3CCC3)c2)c2ccccc12. The van der Waals surface area contributed by atoms with Crippen LogP contribution in [0.5, 0.6) is 0 Å². The molecule has 0 aliphatic heterocycles. The van der Waals surface area contributed by atoms with E-state index in [1.807, 2.05) is 36.4 Å². The number of unbranched alkanes of at least 4 members (excludes halogenated alkanes) is 2. The number of fused-ring (bicyclic) bond motifs is 1. The van der Waals surface area contributed by atoms with Crippen LogP contribution in [0.4, 0.5) is 5.69 Å². The molecule has 3 aromatic rings. The van der Waals surface area contributed by atoms with Crippen molar-refractivity contribution in [3.8, 4) is 11.3 Å².